The lowest BCUT2D eigenvalue weighted by Crippen LogP contribution is -2.36. The Kier molecular flexibility index (Phi) is 6.20. The quantitative estimate of drug-likeness (QED) is 0.687. The van der Waals surface area contributed by atoms with Gasteiger partial charge in [-0.15, -0.1) is 0 Å². The van der Waals surface area contributed by atoms with Crippen LogP contribution >= 0.6 is 0 Å². The van der Waals surface area contributed by atoms with Gasteiger partial charge in [-0.05, 0) is 24.7 Å². The van der Waals surface area contributed by atoms with Gasteiger partial charge in [-0.2, -0.15) is 0 Å². The third-order valence-electron chi connectivity index (χ3n) is 4.31. The average molecular weight is 309 g/mol. The maximum atomic E-state index is 10.1. The smallest absolute Gasteiger partial charge is 0.123 e. The first-order chi connectivity index (χ1) is 10.5. The number of aliphatic hydroxyl groups excluding tert-OH is 3. The van der Waals surface area contributed by atoms with E-state index >= 15 is 0 Å². The fraction of sp³-hybridized carbons (Fsp3) is 0.647. The zero-order valence-electron chi connectivity index (χ0n) is 13.4. The van der Waals surface area contributed by atoms with Gasteiger partial charge in [0, 0.05) is 24.9 Å². The molecule has 5 heteroatoms. The second-order valence-electron chi connectivity index (χ2n) is 5.89. The summed E-state index contributed by atoms with van der Waals surface area (Å²) in [5.41, 5.74) is 1.95. The zero-order valence-corrected chi connectivity index (χ0v) is 13.4. The van der Waals surface area contributed by atoms with Gasteiger partial charge in [0.25, 0.3) is 0 Å². The standard InChI is InChI=1S/C17H27NO4/c1-3-18(4-2)10-13(19)11-22-17-7-5-6-12-8-15(20)16(21)9-14(12)17/h5-7,13,15-16,19-21H,3-4,8-11H2,1-2H3/t13?,15-,16+/m1/s1. The highest BCUT2D eigenvalue weighted by Gasteiger charge is 2.27. The maximum absolute atomic E-state index is 10.1. The topological polar surface area (TPSA) is 73.2 Å². The Morgan fingerprint density at radius 3 is 2.55 bits per heavy atom. The molecule has 0 spiro atoms. The highest BCUT2D eigenvalue weighted by Crippen LogP contribution is 2.30. The summed E-state index contributed by atoms with van der Waals surface area (Å²) in [6, 6.07) is 5.69. The van der Waals surface area contributed by atoms with Crippen molar-refractivity contribution in [3.05, 3.63) is 29.3 Å². The van der Waals surface area contributed by atoms with Crippen LogP contribution in [0.3, 0.4) is 0 Å². The number of hydrogen-bond donors (Lipinski definition) is 3. The molecule has 0 saturated carbocycles. The van der Waals surface area contributed by atoms with Crippen molar-refractivity contribution in [2.45, 2.75) is 45.0 Å². The Morgan fingerprint density at radius 2 is 1.86 bits per heavy atom. The molecule has 1 aliphatic rings. The van der Waals surface area contributed by atoms with Crippen molar-refractivity contribution in [1.29, 1.82) is 0 Å². The third-order valence-corrected chi connectivity index (χ3v) is 4.31. The van der Waals surface area contributed by atoms with Crippen molar-refractivity contribution in [3.8, 4) is 5.75 Å². The molecule has 0 aliphatic heterocycles. The number of likely N-dealkylation sites (N-methyl/N-ethyl adjacent to an activating group) is 1. The normalized spacial score (nSPS) is 22.5. The summed E-state index contributed by atoms with van der Waals surface area (Å²) in [5, 5.41) is 29.7. The Labute approximate surface area is 132 Å². The first kappa shape index (κ1) is 17.2. The van der Waals surface area contributed by atoms with Crippen LogP contribution in [0.4, 0.5) is 0 Å². The van der Waals surface area contributed by atoms with Crippen LogP contribution in [-0.2, 0) is 12.8 Å². The molecule has 0 aromatic heterocycles. The molecule has 0 amide bonds. The van der Waals surface area contributed by atoms with Crippen LogP contribution in [0.5, 0.6) is 5.75 Å². The van der Waals surface area contributed by atoms with Gasteiger partial charge < -0.3 is 25.0 Å². The molecule has 5 nitrogen and oxygen atoms in total. The number of fused-ring (bicyclic) bond motifs is 1. The second kappa shape index (κ2) is 7.92. The summed E-state index contributed by atoms with van der Waals surface area (Å²) in [6.07, 6.45) is -1.18. The lowest BCUT2D eigenvalue weighted by molar-refractivity contribution is 0.0130. The molecule has 1 unspecified atom stereocenters. The highest BCUT2D eigenvalue weighted by molar-refractivity contribution is 5.43. The number of hydrogen-bond acceptors (Lipinski definition) is 5. The van der Waals surface area contributed by atoms with Gasteiger partial charge in [-0.25, -0.2) is 0 Å². The number of ether oxygens (including phenoxy) is 1. The van der Waals surface area contributed by atoms with Gasteiger partial charge in [-0.1, -0.05) is 26.0 Å². The molecule has 3 atom stereocenters. The minimum atomic E-state index is -0.752. The molecule has 1 aromatic carbocycles. The van der Waals surface area contributed by atoms with Crippen molar-refractivity contribution in [2.24, 2.45) is 0 Å². The SMILES string of the molecule is CCN(CC)CC(O)COc1cccc2c1C[C@H](O)[C@H](O)C2. The van der Waals surface area contributed by atoms with Crippen LogP contribution in [0.2, 0.25) is 0 Å². The number of nitrogens with zero attached hydrogens (tertiary/aromatic N) is 1. The largest absolute Gasteiger partial charge is 0.491 e. The minimum absolute atomic E-state index is 0.228. The van der Waals surface area contributed by atoms with E-state index in [2.05, 4.69) is 18.7 Å². The van der Waals surface area contributed by atoms with Gasteiger partial charge in [0.2, 0.25) is 0 Å². The van der Waals surface area contributed by atoms with Crippen LogP contribution < -0.4 is 4.74 Å². The molecule has 1 aliphatic carbocycles. The van der Waals surface area contributed by atoms with E-state index in [1.165, 1.54) is 0 Å². The Hall–Kier alpha value is -1.14. The first-order valence-corrected chi connectivity index (χ1v) is 8.05. The fourth-order valence-corrected chi connectivity index (χ4v) is 2.89. The zero-order chi connectivity index (χ0) is 16.1. The molecule has 1 aromatic rings. The van der Waals surface area contributed by atoms with E-state index in [1.807, 2.05) is 18.2 Å². The Morgan fingerprint density at radius 1 is 1.18 bits per heavy atom. The molecule has 0 bridgehead atoms. The molecular weight excluding hydrogens is 282 g/mol. The van der Waals surface area contributed by atoms with Gasteiger partial charge in [0.1, 0.15) is 18.5 Å². The van der Waals surface area contributed by atoms with E-state index in [4.69, 9.17) is 4.74 Å². The average Bonchev–Trinajstić information content (AvgIpc) is 2.51. The molecule has 2 rings (SSSR count). The highest BCUT2D eigenvalue weighted by atomic mass is 16.5. The Balaban J connectivity index is 1.98. The van der Waals surface area contributed by atoms with Crippen molar-refractivity contribution < 1.29 is 20.1 Å². The number of benzene rings is 1. The second-order valence-corrected chi connectivity index (χ2v) is 5.89. The molecule has 0 radical (unpaired) electrons. The van der Waals surface area contributed by atoms with Gasteiger partial charge in [0.05, 0.1) is 12.2 Å². The maximum Gasteiger partial charge on any atom is 0.123 e. The monoisotopic (exact) mass is 309 g/mol. The van der Waals surface area contributed by atoms with Crippen molar-refractivity contribution in [2.75, 3.05) is 26.2 Å². The van der Waals surface area contributed by atoms with Gasteiger partial charge in [0.15, 0.2) is 0 Å². The molecular formula is C17H27NO4. The van der Waals surface area contributed by atoms with E-state index in [1.54, 1.807) is 0 Å². The van der Waals surface area contributed by atoms with E-state index in [9.17, 15) is 15.3 Å². The summed E-state index contributed by atoms with van der Waals surface area (Å²) in [5.74, 6) is 0.696. The third kappa shape index (κ3) is 4.20. The van der Waals surface area contributed by atoms with Crippen molar-refractivity contribution in [1.82, 2.24) is 4.90 Å². The van der Waals surface area contributed by atoms with Crippen molar-refractivity contribution >= 4 is 0 Å². The lowest BCUT2D eigenvalue weighted by Gasteiger charge is -2.28. The lowest BCUT2D eigenvalue weighted by atomic mass is 9.87. The predicted molar refractivity (Wildman–Crippen MR) is 85.2 cm³/mol. The first-order valence-electron chi connectivity index (χ1n) is 8.05. The summed E-state index contributed by atoms with van der Waals surface area (Å²) in [6.45, 7) is 6.75. The van der Waals surface area contributed by atoms with Crippen LogP contribution in [0, 0.1) is 0 Å². The van der Waals surface area contributed by atoms with E-state index in [-0.39, 0.29) is 6.61 Å². The molecule has 0 fully saturated rings. The molecule has 0 saturated heterocycles. The number of aliphatic hydroxyl groups is 3. The molecule has 22 heavy (non-hydrogen) atoms. The van der Waals surface area contributed by atoms with Crippen LogP contribution in [-0.4, -0.2) is 64.8 Å². The Bertz CT molecular complexity index is 476. The molecule has 0 heterocycles. The molecule has 124 valence electrons. The van der Waals surface area contributed by atoms with Crippen LogP contribution in [0.1, 0.15) is 25.0 Å². The van der Waals surface area contributed by atoms with Crippen LogP contribution in [0.15, 0.2) is 18.2 Å². The van der Waals surface area contributed by atoms with E-state index in [0.29, 0.717) is 25.1 Å². The van der Waals surface area contributed by atoms with E-state index in [0.717, 1.165) is 24.2 Å². The van der Waals surface area contributed by atoms with E-state index < -0.39 is 18.3 Å². The van der Waals surface area contributed by atoms with Crippen LogP contribution in [0.25, 0.3) is 0 Å². The summed E-state index contributed by atoms with van der Waals surface area (Å²) >= 11 is 0. The fourth-order valence-electron chi connectivity index (χ4n) is 2.89. The molecule has 3 N–H and O–H groups in total. The van der Waals surface area contributed by atoms with Gasteiger partial charge in [-0.3, -0.25) is 0 Å². The minimum Gasteiger partial charge on any atom is -0.491 e. The summed E-state index contributed by atoms with van der Waals surface area (Å²) < 4.78 is 5.77. The summed E-state index contributed by atoms with van der Waals surface area (Å²) in [7, 11) is 0. The predicted octanol–water partition coefficient (Wildman–Crippen LogP) is 0.588. The number of rotatable bonds is 7. The summed E-state index contributed by atoms with van der Waals surface area (Å²) in [4.78, 5) is 2.15. The van der Waals surface area contributed by atoms with Crippen molar-refractivity contribution in [3.63, 3.8) is 0 Å². The van der Waals surface area contributed by atoms with Gasteiger partial charge >= 0.3 is 0 Å².